The van der Waals surface area contributed by atoms with Crippen LogP contribution in [-0.4, -0.2) is 39.5 Å². The summed E-state index contributed by atoms with van der Waals surface area (Å²) in [6.45, 7) is 2.08. The molecule has 1 fully saturated rings. The molecule has 4 rings (SSSR count). The maximum atomic E-state index is 6.40. The molecule has 0 unspecified atom stereocenters. The highest BCUT2D eigenvalue weighted by molar-refractivity contribution is 7.99. The lowest BCUT2D eigenvalue weighted by Gasteiger charge is -2.32. The summed E-state index contributed by atoms with van der Waals surface area (Å²) in [4.78, 5) is 14.9. The van der Waals surface area contributed by atoms with Crippen LogP contribution in [0.15, 0.2) is 36.5 Å². The van der Waals surface area contributed by atoms with Crippen LogP contribution in [0.2, 0.25) is 5.02 Å². The SMILES string of the molecule is CSC1CCN(c2cc(-c3nc4ccccc4[nH]3)c(Cl)cn2)CC1. The van der Waals surface area contributed by atoms with E-state index in [1.54, 1.807) is 6.20 Å². The molecule has 0 spiro atoms. The first kappa shape index (κ1) is 15.8. The fourth-order valence-electron chi connectivity index (χ4n) is 3.18. The number of hydrogen-bond acceptors (Lipinski definition) is 4. The second kappa shape index (κ2) is 6.65. The Labute approximate surface area is 150 Å². The number of H-pyrrole nitrogens is 1. The number of imidazole rings is 1. The Morgan fingerprint density at radius 1 is 1.25 bits per heavy atom. The standard InChI is InChI=1S/C18H19ClN4S/c1-24-12-6-8-23(9-7-12)17-10-13(14(19)11-20-17)18-21-15-4-2-3-5-16(15)22-18/h2-5,10-12H,6-9H2,1H3,(H,21,22). The maximum Gasteiger partial charge on any atom is 0.140 e. The van der Waals surface area contributed by atoms with Crippen LogP contribution in [0.1, 0.15) is 12.8 Å². The quantitative estimate of drug-likeness (QED) is 0.742. The molecule has 124 valence electrons. The molecule has 1 aliphatic heterocycles. The Morgan fingerprint density at radius 3 is 2.79 bits per heavy atom. The van der Waals surface area contributed by atoms with Crippen molar-refractivity contribution in [1.29, 1.82) is 0 Å². The minimum absolute atomic E-state index is 0.622. The first-order valence-electron chi connectivity index (χ1n) is 8.13. The molecule has 0 saturated carbocycles. The molecule has 2 aromatic heterocycles. The number of aromatic nitrogens is 3. The van der Waals surface area contributed by atoms with E-state index < -0.39 is 0 Å². The lowest BCUT2D eigenvalue weighted by Crippen LogP contribution is -2.35. The summed E-state index contributed by atoms with van der Waals surface area (Å²) in [5, 5.41) is 1.39. The zero-order valence-corrected chi connectivity index (χ0v) is 15.1. The number of pyridine rings is 1. The Bertz CT molecular complexity index is 822. The van der Waals surface area contributed by atoms with E-state index in [2.05, 4.69) is 32.2 Å². The van der Waals surface area contributed by atoms with Gasteiger partial charge in [-0.25, -0.2) is 9.97 Å². The van der Waals surface area contributed by atoms with Crippen LogP contribution in [-0.2, 0) is 0 Å². The molecule has 24 heavy (non-hydrogen) atoms. The molecule has 1 N–H and O–H groups in total. The van der Waals surface area contributed by atoms with Crippen molar-refractivity contribution >= 4 is 40.2 Å². The number of benzene rings is 1. The Hall–Kier alpha value is -1.72. The van der Waals surface area contributed by atoms with Crippen LogP contribution in [0.4, 0.5) is 5.82 Å². The third-order valence-electron chi connectivity index (χ3n) is 4.58. The van der Waals surface area contributed by atoms with Crippen molar-refractivity contribution in [2.24, 2.45) is 0 Å². The van der Waals surface area contributed by atoms with Gasteiger partial charge in [-0.1, -0.05) is 23.7 Å². The molecule has 0 amide bonds. The van der Waals surface area contributed by atoms with E-state index in [0.29, 0.717) is 5.02 Å². The molecule has 6 heteroatoms. The van der Waals surface area contributed by atoms with Crippen LogP contribution >= 0.6 is 23.4 Å². The van der Waals surface area contributed by atoms with Crippen molar-refractivity contribution in [3.63, 3.8) is 0 Å². The molecule has 0 radical (unpaired) electrons. The van der Waals surface area contributed by atoms with Gasteiger partial charge in [-0.15, -0.1) is 0 Å². The van der Waals surface area contributed by atoms with E-state index in [1.165, 1.54) is 12.8 Å². The number of anilines is 1. The van der Waals surface area contributed by atoms with Gasteiger partial charge in [0.25, 0.3) is 0 Å². The third-order valence-corrected chi connectivity index (χ3v) is 6.02. The molecule has 0 bridgehead atoms. The van der Waals surface area contributed by atoms with Gasteiger partial charge >= 0.3 is 0 Å². The summed E-state index contributed by atoms with van der Waals surface area (Å²) >= 11 is 8.36. The molecular weight excluding hydrogens is 340 g/mol. The second-order valence-electron chi connectivity index (χ2n) is 6.05. The average Bonchev–Trinajstić information content (AvgIpc) is 3.06. The van der Waals surface area contributed by atoms with E-state index in [9.17, 15) is 0 Å². The Balaban J connectivity index is 1.66. The van der Waals surface area contributed by atoms with Gasteiger partial charge in [0.05, 0.1) is 16.1 Å². The molecular formula is C18H19ClN4S. The lowest BCUT2D eigenvalue weighted by molar-refractivity contribution is 0.587. The zero-order valence-electron chi connectivity index (χ0n) is 13.5. The van der Waals surface area contributed by atoms with Crippen LogP contribution in [0.3, 0.4) is 0 Å². The molecule has 4 nitrogen and oxygen atoms in total. The molecule has 1 saturated heterocycles. The molecule has 3 aromatic rings. The predicted octanol–water partition coefficient (Wildman–Crippen LogP) is 4.61. The minimum Gasteiger partial charge on any atom is -0.357 e. The highest BCUT2D eigenvalue weighted by Crippen LogP contribution is 2.31. The third kappa shape index (κ3) is 2.98. The van der Waals surface area contributed by atoms with Crippen molar-refractivity contribution in [2.45, 2.75) is 18.1 Å². The summed E-state index contributed by atoms with van der Waals surface area (Å²) < 4.78 is 0. The van der Waals surface area contributed by atoms with Crippen molar-refractivity contribution in [2.75, 3.05) is 24.2 Å². The van der Waals surface area contributed by atoms with Gasteiger partial charge in [0.1, 0.15) is 11.6 Å². The van der Waals surface area contributed by atoms with E-state index in [-0.39, 0.29) is 0 Å². The monoisotopic (exact) mass is 358 g/mol. The topological polar surface area (TPSA) is 44.8 Å². The summed E-state index contributed by atoms with van der Waals surface area (Å²) in [5.41, 5.74) is 2.87. The van der Waals surface area contributed by atoms with Crippen LogP contribution in [0, 0.1) is 0 Å². The van der Waals surface area contributed by atoms with E-state index >= 15 is 0 Å². The van der Waals surface area contributed by atoms with Gasteiger partial charge in [-0.2, -0.15) is 11.8 Å². The van der Waals surface area contributed by atoms with Gasteiger partial charge in [-0.05, 0) is 37.3 Å². The first-order chi connectivity index (χ1) is 11.7. The molecule has 1 aliphatic rings. The number of piperidine rings is 1. The van der Waals surface area contributed by atoms with Crippen LogP contribution in [0.5, 0.6) is 0 Å². The van der Waals surface area contributed by atoms with Gasteiger partial charge in [0.15, 0.2) is 0 Å². The number of nitrogens with one attached hydrogen (secondary N) is 1. The van der Waals surface area contributed by atoms with Crippen molar-refractivity contribution in [3.05, 3.63) is 41.6 Å². The number of thioether (sulfide) groups is 1. The minimum atomic E-state index is 0.622. The van der Waals surface area contributed by atoms with E-state index in [1.807, 2.05) is 36.0 Å². The van der Waals surface area contributed by atoms with Gasteiger partial charge in [0, 0.05) is 30.1 Å². The van der Waals surface area contributed by atoms with Gasteiger partial charge in [0.2, 0.25) is 0 Å². The number of halogens is 1. The highest BCUT2D eigenvalue weighted by atomic mass is 35.5. The summed E-state index contributed by atoms with van der Waals surface area (Å²) in [6.07, 6.45) is 6.33. The van der Waals surface area contributed by atoms with Crippen molar-refractivity contribution in [3.8, 4) is 11.4 Å². The predicted molar refractivity (Wildman–Crippen MR) is 103 cm³/mol. The fraction of sp³-hybridized carbons (Fsp3) is 0.333. The number of nitrogens with zero attached hydrogens (tertiary/aromatic N) is 3. The van der Waals surface area contributed by atoms with Crippen LogP contribution in [0.25, 0.3) is 22.4 Å². The average molecular weight is 359 g/mol. The van der Waals surface area contributed by atoms with E-state index in [4.69, 9.17) is 11.6 Å². The fourth-order valence-corrected chi connectivity index (χ4v) is 4.06. The van der Waals surface area contributed by atoms with Crippen LogP contribution < -0.4 is 4.90 Å². The van der Waals surface area contributed by atoms with Crippen molar-refractivity contribution < 1.29 is 0 Å². The second-order valence-corrected chi connectivity index (χ2v) is 7.59. The molecule has 1 aromatic carbocycles. The lowest BCUT2D eigenvalue weighted by atomic mass is 10.1. The Morgan fingerprint density at radius 2 is 2.04 bits per heavy atom. The number of aromatic amines is 1. The molecule has 0 atom stereocenters. The first-order valence-corrected chi connectivity index (χ1v) is 9.79. The van der Waals surface area contributed by atoms with Gasteiger partial charge < -0.3 is 9.88 Å². The van der Waals surface area contributed by atoms with Crippen molar-refractivity contribution in [1.82, 2.24) is 15.0 Å². The molecule has 3 heterocycles. The van der Waals surface area contributed by atoms with E-state index in [0.717, 1.165) is 46.6 Å². The Kier molecular flexibility index (Phi) is 4.37. The summed E-state index contributed by atoms with van der Waals surface area (Å²) in [7, 11) is 0. The van der Waals surface area contributed by atoms with Gasteiger partial charge in [-0.3, -0.25) is 0 Å². The number of para-hydroxylation sites is 2. The zero-order chi connectivity index (χ0) is 16.5. The summed E-state index contributed by atoms with van der Waals surface area (Å²) in [5.74, 6) is 1.78. The number of fused-ring (bicyclic) bond motifs is 1. The summed E-state index contributed by atoms with van der Waals surface area (Å²) in [6, 6.07) is 10.1. The largest absolute Gasteiger partial charge is 0.357 e. The normalized spacial score (nSPS) is 16.0. The maximum absolute atomic E-state index is 6.40. The smallest absolute Gasteiger partial charge is 0.140 e. The highest BCUT2D eigenvalue weighted by Gasteiger charge is 2.20. The molecule has 0 aliphatic carbocycles. The number of rotatable bonds is 3. The number of hydrogen-bond donors (Lipinski definition) is 1.